The minimum absolute atomic E-state index is 0.0515. The van der Waals surface area contributed by atoms with E-state index in [1.54, 1.807) is 43.3 Å². The maximum Gasteiger partial charge on any atom is 0.244 e. The van der Waals surface area contributed by atoms with E-state index in [4.69, 9.17) is 11.6 Å². The van der Waals surface area contributed by atoms with Crippen molar-refractivity contribution in [2.75, 3.05) is 17.1 Å². The van der Waals surface area contributed by atoms with Crippen LogP contribution in [0.3, 0.4) is 0 Å². The maximum atomic E-state index is 13.5. The molecule has 2 amide bonds. The van der Waals surface area contributed by atoms with Gasteiger partial charge < -0.3 is 10.2 Å². The van der Waals surface area contributed by atoms with E-state index in [1.807, 2.05) is 39.8 Å². The van der Waals surface area contributed by atoms with E-state index in [9.17, 15) is 18.0 Å². The van der Waals surface area contributed by atoms with E-state index in [0.29, 0.717) is 10.7 Å². The highest BCUT2D eigenvalue weighted by atomic mass is 35.5. The number of nitrogens with one attached hydrogen (secondary N) is 1. The van der Waals surface area contributed by atoms with Crippen LogP contribution in [0.15, 0.2) is 48.5 Å². The molecule has 1 N–H and O–H groups in total. The van der Waals surface area contributed by atoms with E-state index >= 15 is 0 Å². The number of carbonyl (C=O) groups excluding carboxylic acids is 2. The Morgan fingerprint density at radius 2 is 1.54 bits per heavy atom. The molecule has 0 spiro atoms. The molecule has 0 heterocycles. The lowest BCUT2D eigenvalue weighted by atomic mass is 10.0. The van der Waals surface area contributed by atoms with Crippen LogP contribution in [0.5, 0.6) is 0 Å². The molecule has 0 fully saturated rings. The number of halogens is 1. The average Bonchev–Trinajstić information content (AvgIpc) is 2.80. The Balaban J connectivity index is 2.37. The summed E-state index contributed by atoms with van der Waals surface area (Å²) in [5, 5.41) is 3.46. The summed E-state index contributed by atoms with van der Waals surface area (Å²) < 4.78 is 26.4. The minimum atomic E-state index is -3.76. The monoisotopic (exact) mass is 521 g/mol. The second-order valence-corrected chi connectivity index (χ2v) is 11.5. The first-order valence-corrected chi connectivity index (χ1v) is 14.0. The van der Waals surface area contributed by atoms with Crippen LogP contribution in [-0.4, -0.2) is 50.0 Å². The summed E-state index contributed by atoms with van der Waals surface area (Å²) in [4.78, 5) is 27.8. The number of anilines is 1. The third-order valence-electron chi connectivity index (χ3n) is 5.96. The second kappa shape index (κ2) is 12.4. The van der Waals surface area contributed by atoms with Crippen LogP contribution in [-0.2, 0) is 26.2 Å². The highest BCUT2D eigenvalue weighted by Gasteiger charge is 2.30. The number of benzene rings is 2. The zero-order valence-corrected chi connectivity index (χ0v) is 22.9. The Bertz CT molecular complexity index is 1100. The van der Waals surface area contributed by atoms with Gasteiger partial charge in [0.25, 0.3) is 0 Å². The van der Waals surface area contributed by atoms with Crippen molar-refractivity contribution in [2.24, 2.45) is 0 Å². The molecule has 35 heavy (non-hydrogen) atoms. The minimum Gasteiger partial charge on any atom is -0.352 e. The number of rotatable bonds is 11. The van der Waals surface area contributed by atoms with Crippen LogP contribution < -0.4 is 9.62 Å². The summed E-state index contributed by atoms with van der Waals surface area (Å²) in [6.07, 6.45) is 1.82. The molecule has 0 bridgehead atoms. The van der Waals surface area contributed by atoms with Crippen molar-refractivity contribution in [1.82, 2.24) is 10.2 Å². The lowest BCUT2D eigenvalue weighted by Crippen LogP contribution is -2.52. The summed E-state index contributed by atoms with van der Waals surface area (Å²) in [5.41, 5.74) is 2.24. The van der Waals surface area contributed by atoms with Gasteiger partial charge in [0.15, 0.2) is 0 Å². The van der Waals surface area contributed by atoms with Crippen LogP contribution in [0.25, 0.3) is 0 Å². The third kappa shape index (κ3) is 8.25. The second-order valence-electron chi connectivity index (χ2n) is 9.16. The molecule has 0 aliphatic carbocycles. The molecule has 0 radical (unpaired) electrons. The van der Waals surface area contributed by atoms with Gasteiger partial charge >= 0.3 is 0 Å². The summed E-state index contributed by atoms with van der Waals surface area (Å²) in [6, 6.07) is 13.2. The topological polar surface area (TPSA) is 86.8 Å². The molecule has 0 saturated carbocycles. The number of nitrogens with zero attached hydrogens (tertiary/aromatic N) is 2. The fraction of sp³-hybridized carbons (Fsp3) is 0.462. The molecule has 2 rings (SSSR count). The van der Waals surface area contributed by atoms with Crippen LogP contribution in [0.4, 0.5) is 5.69 Å². The fourth-order valence-electron chi connectivity index (χ4n) is 3.47. The highest BCUT2D eigenvalue weighted by Crippen LogP contribution is 2.23. The Morgan fingerprint density at radius 1 is 0.971 bits per heavy atom. The van der Waals surface area contributed by atoms with Gasteiger partial charge in [-0.25, -0.2) is 8.42 Å². The van der Waals surface area contributed by atoms with Crippen LogP contribution >= 0.6 is 11.6 Å². The predicted molar refractivity (Wildman–Crippen MR) is 142 cm³/mol. The zero-order chi connectivity index (χ0) is 26.3. The van der Waals surface area contributed by atoms with Crippen molar-refractivity contribution in [3.05, 3.63) is 64.7 Å². The molecule has 0 saturated heterocycles. The SMILES string of the molecule is CC[C@@H](C)NC(=O)[C@H](C)N(Cc1ccc(Cl)cc1)C(=O)CN(c1ccc(C(C)C)cc1)S(C)(=O)=O. The predicted octanol–water partition coefficient (Wildman–Crippen LogP) is 4.56. The molecule has 2 atom stereocenters. The average molecular weight is 522 g/mol. The van der Waals surface area contributed by atoms with E-state index in [1.165, 1.54) is 4.90 Å². The Kier molecular flexibility index (Phi) is 10.2. The van der Waals surface area contributed by atoms with Gasteiger partial charge in [-0.3, -0.25) is 13.9 Å². The van der Waals surface area contributed by atoms with Gasteiger partial charge in [-0.1, -0.05) is 56.6 Å². The van der Waals surface area contributed by atoms with Gasteiger partial charge in [-0.15, -0.1) is 0 Å². The Hall–Kier alpha value is -2.58. The molecular weight excluding hydrogens is 486 g/mol. The molecule has 0 aromatic heterocycles. The van der Waals surface area contributed by atoms with Gasteiger partial charge in [0, 0.05) is 17.6 Å². The Labute approximate surface area is 214 Å². The number of hydrogen-bond acceptors (Lipinski definition) is 4. The van der Waals surface area contributed by atoms with Gasteiger partial charge in [0.05, 0.1) is 11.9 Å². The first-order valence-electron chi connectivity index (χ1n) is 11.7. The molecule has 0 aliphatic rings. The number of hydrogen-bond donors (Lipinski definition) is 1. The van der Waals surface area contributed by atoms with E-state index in [2.05, 4.69) is 5.32 Å². The van der Waals surface area contributed by atoms with Crippen molar-refractivity contribution in [3.8, 4) is 0 Å². The normalized spacial score (nSPS) is 13.3. The maximum absolute atomic E-state index is 13.5. The van der Waals surface area contributed by atoms with Crippen molar-refractivity contribution < 1.29 is 18.0 Å². The summed E-state index contributed by atoms with van der Waals surface area (Å²) in [7, 11) is -3.76. The number of amides is 2. The molecule has 7 nitrogen and oxygen atoms in total. The van der Waals surface area contributed by atoms with Crippen molar-refractivity contribution >= 4 is 39.1 Å². The zero-order valence-electron chi connectivity index (χ0n) is 21.3. The van der Waals surface area contributed by atoms with E-state index in [-0.39, 0.29) is 24.4 Å². The van der Waals surface area contributed by atoms with E-state index < -0.39 is 28.5 Å². The van der Waals surface area contributed by atoms with Gasteiger partial charge in [0.1, 0.15) is 12.6 Å². The van der Waals surface area contributed by atoms with Crippen molar-refractivity contribution in [3.63, 3.8) is 0 Å². The number of carbonyl (C=O) groups is 2. The van der Waals surface area contributed by atoms with Crippen LogP contribution in [0.1, 0.15) is 58.1 Å². The quantitative estimate of drug-likeness (QED) is 0.469. The van der Waals surface area contributed by atoms with Crippen LogP contribution in [0, 0.1) is 0 Å². The lowest BCUT2D eigenvalue weighted by Gasteiger charge is -2.32. The summed E-state index contributed by atoms with van der Waals surface area (Å²) in [5.74, 6) is -0.490. The largest absolute Gasteiger partial charge is 0.352 e. The summed E-state index contributed by atoms with van der Waals surface area (Å²) >= 11 is 6.00. The van der Waals surface area contributed by atoms with Gasteiger partial charge in [-0.05, 0) is 61.6 Å². The smallest absolute Gasteiger partial charge is 0.244 e. The third-order valence-corrected chi connectivity index (χ3v) is 7.35. The lowest BCUT2D eigenvalue weighted by molar-refractivity contribution is -0.139. The van der Waals surface area contributed by atoms with Gasteiger partial charge in [-0.2, -0.15) is 0 Å². The molecule has 9 heteroatoms. The molecular formula is C26H36ClN3O4S. The van der Waals surface area contributed by atoms with Gasteiger partial charge in [0.2, 0.25) is 21.8 Å². The molecule has 2 aromatic rings. The highest BCUT2D eigenvalue weighted by molar-refractivity contribution is 7.92. The fourth-order valence-corrected chi connectivity index (χ4v) is 4.45. The van der Waals surface area contributed by atoms with E-state index in [0.717, 1.165) is 28.1 Å². The Morgan fingerprint density at radius 3 is 2.03 bits per heavy atom. The number of sulfonamides is 1. The first-order chi connectivity index (χ1) is 16.3. The standard InChI is InChI=1S/C26H36ClN3O4S/c1-7-19(4)28-26(32)20(5)29(16-21-8-12-23(27)13-9-21)25(31)17-30(35(6,33)34)24-14-10-22(11-15-24)18(2)3/h8-15,18-20H,7,16-17H2,1-6H3,(H,28,32)/t19-,20+/m1/s1. The van der Waals surface area contributed by atoms with Crippen LogP contribution in [0.2, 0.25) is 5.02 Å². The molecule has 0 aliphatic heterocycles. The molecule has 2 aromatic carbocycles. The first kappa shape index (κ1) is 28.7. The van der Waals surface area contributed by atoms with Crippen molar-refractivity contribution in [1.29, 1.82) is 0 Å². The molecule has 0 unspecified atom stereocenters. The van der Waals surface area contributed by atoms with Crippen molar-refractivity contribution in [2.45, 2.75) is 65.6 Å². The molecule has 192 valence electrons. The summed E-state index contributed by atoms with van der Waals surface area (Å²) in [6.45, 7) is 9.31.